The van der Waals surface area contributed by atoms with E-state index in [2.05, 4.69) is 29.2 Å². The smallest absolute Gasteiger partial charge is 0.170 e. The van der Waals surface area contributed by atoms with Crippen LogP contribution >= 0.6 is 0 Å². The predicted octanol–water partition coefficient (Wildman–Crippen LogP) is 3.75. The van der Waals surface area contributed by atoms with E-state index in [1.54, 1.807) is 18.3 Å². The molecule has 0 aliphatic carbocycles. The van der Waals surface area contributed by atoms with E-state index < -0.39 is 12.2 Å². The van der Waals surface area contributed by atoms with Gasteiger partial charge in [0.15, 0.2) is 5.60 Å². The molecule has 1 heterocycles. The van der Waals surface area contributed by atoms with Gasteiger partial charge in [-0.3, -0.25) is 0 Å². The Hall–Kier alpha value is -3.21. The Bertz CT molecular complexity index is 977. The van der Waals surface area contributed by atoms with Crippen LogP contribution in [0.1, 0.15) is 28.6 Å². The summed E-state index contributed by atoms with van der Waals surface area (Å²) >= 11 is 0. The topological polar surface area (TPSA) is 58.3 Å². The molecule has 4 rings (SSSR count). The van der Waals surface area contributed by atoms with Gasteiger partial charge in [0.25, 0.3) is 0 Å². The summed E-state index contributed by atoms with van der Waals surface area (Å²) in [5.41, 5.74) is 1.14. The van der Waals surface area contributed by atoms with E-state index in [4.69, 9.17) is 0 Å². The molecule has 1 aromatic heterocycles. The van der Waals surface area contributed by atoms with Crippen LogP contribution in [0.2, 0.25) is 0 Å². The van der Waals surface area contributed by atoms with Crippen LogP contribution in [-0.2, 0) is 5.60 Å². The van der Waals surface area contributed by atoms with Crippen molar-refractivity contribution in [2.45, 2.75) is 11.6 Å². The highest BCUT2D eigenvalue weighted by molar-refractivity contribution is 5.36. The van der Waals surface area contributed by atoms with E-state index in [1.807, 2.05) is 65.4 Å². The fourth-order valence-corrected chi connectivity index (χ4v) is 3.63. The average Bonchev–Trinajstić information content (AvgIpc) is 3.25. The molecular formula is C24H22N2O2. The van der Waals surface area contributed by atoms with Gasteiger partial charge in [0.2, 0.25) is 0 Å². The van der Waals surface area contributed by atoms with Crippen LogP contribution < -0.4 is 0 Å². The van der Waals surface area contributed by atoms with Crippen LogP contribution in [0.4, 0.5) is 0 Å². The molecule has 3 aromatic carbocycles. The molecule has 4 heteroatoms. The minimum Gasteiger partial charge on any atom is -0.393 e. The third kappa shape index (κ3) is 3.24. The van der Waals surface area contributed by atoms with E-state index >= 15 is 0 Å². The van der Waals surface area contributed by atoms with Crippen molar-refractivity contribution >= 4 is 0 Å². The van der Waals surface area contributed by atoms with Crippen molar-refractivity contribution in [3.63, 3.8) is 0 Å². The molecule has 0 amide bonds. The number of hydrogen-bond donors (Lipinski definition) is 2. The molecule has 0 radical (unpaired) electrons. The highest BCUT2D eigenvalue weighted by atomic mass is 16.3. The summed E-state index contributed by atoms with van der Waals surface area (Å²) < 4.78 is 1.94. The second kappa shape index (κ2) is 7.80. The first-order chi connectivity index (χ1) is 13.7. The molecule has 1 atom stereocenters. The maximum atomic E-state index is 11.4. The van der Waals surface area contributed by atoms with Crippen LogP contribution in [0, 0.1) is 0 Å². The predicted molar refractivity (Wildman–Crippen MR) is 109 cm³/mol. The zero-order valence-electron chi connectivity index (χ0n) is 15.4. The van der Waals surface area contributed by atoms with E-state index in [1.165, 1.54) is 0 Å². The van der Waals surface area contributed by atoms with Crippen LogP contribution in [0.3, 0.4) is 0 Å². The number of benzene rings is 3. The minimum atomic E-state index is -1.60. The molecule has 4 aromatic rings. The first-order valence-corrected chi connectivity index (χ1v) is 9.26. The van der Waals surface area contributed by atoms with Crippen LogP contribution in [0.15, 0.2) is 103 Å². The maximum absolute atomic E-state index is 11.4. The summed E-state index contributed by atoms with van der Waals surface area (Å²) in [6.07, 6.45) is 3.52. The van der Waals surface area contributed by atoms with Gasteiger partial charge in [0.05, 0.1) is 12.6 Å². The van der Waals surface area contributed by atoms with Crippen molar-refractivity contribution in [3.8, 4) is 0 Å². The van der Waals surface area contributed by atoms with Gasteiger partial charge in [-0.2, -0.15) is 0 Å². The molecule has 28 heavy (non-hydrogen) atoms. The monoisotopic (exact) mass is 370 g/mol. The Morgan fingerprint density at radius 1 is 0.786 bits per heavy atom. The number of nitrogens with zero attached hydrogens (tertiary/aromatic N) is 2. The molecule has 0 saturated carbocycles. The first kappa shape index (κ1) is 18.2. The summed E-state index contributed by atoms with van der Waals surface area (Å²) in [7, 11) is 0. The van der Waals surface area contributed by atoms with Gasteiger partial charge in [0, 0.05) is 12.4 Å². The largest absolute Gasteiger partial charge is 0.393 e. The first-order valence-electron chi connectivity index (χ1n) is 9.26. The van der Waals surface area contributed by atoms with Crippen molar-refractivity contribution < 1.29 is 10.2 Å². The molecule has 0 bridgehead atoms. The fraction of sp³-hybridized carbons (Fsp3) is 0.125. The lowest BCUT2D eigenvalue weighted by molar-refractivity contribution is 0.00683. The molecule has 0 aliphatic heterocycles. The Morgan fingerprint density at radius 3 is 1.79 bits per heavy atom. The molecule has 4 nitrogen and oxygen atoms in total. The van der Waals surface area contributed by atoms with E-state index in [9.17, 15) is 10.2 Å². The lowest BCUT2D eigenvalue weighted by atomic mass is 9.92. The molecule has 2 N–H and O–H groups in total. The highest BCUT2D eigenvalue weighted by Crippen LogP contribution is 2.34. The van der Waals surface area contributed by atoms with Crippen LogP contribution in [-0.4, -0.2) is 26.4 Å². The van der Waals surface area contributed by atoms with E-state index in [-0.39, 0.29) is 6.04 Å². The fourth-order valence-electron chi connectivity index (χ4n) is 3.63. The lowest BCUT2D eigenvalue weighted by Crippen LogP contribution is -2.36. The third-order valence-electron chi connectivity index (χ3n) is 5.03. The number of imidazole rings is 1. The zero-order valence-corrected chi connectivity index (χ0v) is 15.4. The summed E-state index contributed by atoms with van der Waals surface area (Å²) in [5.74, 6) is 0.402. The van der Waals surface area contributed by atoms with Gasteiger partial charge in [-0.15, -0.1) is 0 Å². The standard InChI is InChI=1S/C24H22N2O2/c27-18-24(28,21-14-8-3-9-15-21)23-25-16-17-26(23)22(19-10-4-1-5-11-19)20-12-6-2-7-13-20/h1-17,22,27-28H,18H2. The SMILES string of the molecule is OCC(O)(c1ccccc1)c1nccn1C(c1ccccc1)c1ccccc1. The third-order valence-corrected chi connectivity index (χ3v) is 5.03. The number of aliphatic hydroxyl groups excluding tert-OH is 1. The summed E-state index contributed by atoms with van der Waals surface area (Å²) in [5, 5.41) is 21.6. The van der Waals surface area contributed by atoms with Crippen molar-refractivity contribution in [2.75, 3.05) is 6.61 Å². The Balaban J connectivity index is 1.90. The van der Waals surface area contributed by atoms with Crippen LogP contribution in [0.5, 0.6) is 0 Å². The Labute approximate surface area is 164 Å². The maximum Gasteiger partial charge on any atom is 0.170 e. The number of aromatic nitrogens is 2. The Morgan fingerprint density at radius 2 is 1.29 bits per heavy atom. The minimum absolute atomic E-state index is 0.179. The molecular weight excluding hydrogens is 348 g/mol. The number of aliphatic hydroxyl groups is 2. The van der Waals surface area contributed by atoms with Gasteiger partial charge in [-0.25, -0.2) is 4.98 Å². The van der Waals surface area contributed by atoms with Gasteiger partial charge < -0.3 is 14.8 Å². The highest BCUT2D eigenvalue weighted by Gasteiger charge is 2.37. The summed E-state index contributed by atoms with van der Waals surface area (Å²) in [4.78, 5) is 4.46. The molecule has 0 fully saturated rings. The molecule has 140 valence electrons. The van der Waals surface area contributed by atoms with E-state index in [0.717, 1.165) is 11.1 Å². The average molecular weight is 370 g/mol. The number of rotatable bonds is 6. The van der Waals surface area contributed by atoms with Gasteiger partial charge in [-0.05, 0) is 16.7 Å². The van der Waals surface area contributed by atoms with Crippen molar-refractivity contribution in [3.05, 3.63) is 126 Å². The molecule has 0 aliphatic rings. The van der Waals surface area contributed by atoms with Gasteiger partial charge in [-0.1, -0.05) is 91.0 Å². The second-order valence-corrected chi connectivity index (χ2v) is 6.77. The second-order valence-electron chi connectivity index (χ2n) is 6.77. The summed E-state index contributed by atoms with van der Waals surface area (Å²) in [6, 6.07) is 29.2. The van der Waals surface area contributed by atoms with Crippen molar-refractivity contribution in [1.29, 1.82) is 0 Å². The van der Waals surface area contributed by atoms with Gasteiger partial charge >= 0.3 is 0 Å². The summed E-state index contributed by atoms with van der Waals surface area (Å²) in [6.45, 7) is -0.468. The quantitative estimate of drug-likeness (QED) is 0.543. The number of hydrogen-bond acceptors (Lipinski definition) is 3. The van der Waals surface area contributed by atoms with E-state index in [0.29, 0.717) is 11.4 Å². The molecule has 1 unspecified atom stereocenters. The van der Waals surface area contributed by atoms with Crippen molar-refractivity contribution in [2.24, 2.45) is 0 Å². The van der Waals surface area contributed by atoms with Gasteiger partial charge in [0.1, 0.15) is 5.82 Å². The molecule has 0 spiro atoms. The normalized spacial score (nSPS) is 13.4. The lowest BCUT2D eigenvalue weighted by Gasteiger charge is -2.30. The van der Waals surface area contributed by atoms with Crippen molar-refractivity contribution in [1.82, 2.24) is 9.55 Å². The Kier molecular flexibility index (Phi) is 5.06. The zero-order chi connectivity index (χ0) is 19.4. The molecule has 0 saturated heterocycles. The van der Waals surface area contributed by atoms with Crippen LogP contribution in [0.25, 0.3) is 0 Å².